The Hall–Kier alpha value is -4.58. The molecule has 1 aliphatic heterocycles. The van der Waals surface area contributed by atoms with E-state index in [1.54, 1.807) is 0 Å². The predicted octanol–water partition coefficient (Wildman–Crippen LogP) is 6.05. The molecule has 0 radical (unpaired) electrons. The zero-order valence-corrected chi connectivity index (χ0v) is 26.0. The first-order valence-corrected chi connectivity index (χ1v) is 15.8. The summed E-state index contributed by atoms with van der Waals surface area (Å²) < 4.78 is 22.5. The number of nitrogens with one attached hydrogen (secondary N) is 3. The van der Waals surface area contributed by atoms with Gasteiger partial charge in [-0.1, -0.05) is 37.5 Å². The smallest absolute Gasteiger partial charge is 0.255 e. The van der Waals surface area contributed by atoms with Crippen molar-refractivity contribution in [3.8, 4) is 17.1 Å². The third kappa shape index (κ3) is 6.32. The number of rotatable bonds is 9. The molecule has 4 aromatic heterocycles. The molecule has 2 aliphatic rings. The molecule has 234 valence electrons. The Bertz CT molecular complexity index is 1790. The highest BCUT2D eigenvalue weighted by Crippen LogP contribution is 2.33. The van der Waals surface area contributed by atoms with Gasteiger partial charge in [0.25, 0.3) is 5.88 Å². The normalized spacial score (nSPS) is 17.6. The van der Waals surface area contributed by atoms with Gasteiger partial charge < -0.3 is 20.4 Å². The molecule has 0 bridgehead atoms. The molecule has 0 spiro atoms. The van der Waals surface area contributed by atoms with Gasteiger partial charge in [-0.15, -0.1) is 0 Å². The van der Waals surface area contributed by atoms with Gasteiger partial charge in [-0.25, -0.2) is 15.0 Å². The molecule has 1 aliphatic carbocycles. The van der Waals surface area contributed by atoms with Crippen LogP contribution in [0, 0.1) is 19.7 Å². The number of fused-ring (bicyclic) bond motifs is 1. The molecule has 12 heteroatoms. The van der Waals surface area contributed by atoms with E-state index < -0.39 is 5.82 Å². The van der Waals surface area contributed by atoms with Gasteiger partial charge in [0.1, 0.15) is 6.10 Å². The predicted molar refractivity (Wildman–Crippen MR) is 172 cm³/mol. The summed E-state index contributed by atoms with van der Waals surface area (Å²) in [6.45, 7) is 6.30. The van der Waals surface area contributed by atoms with Crippen molar-refractivity contribution in [3.63, 3.8) is 0 Å². The average molecular weight is 611 g/mol. The standard InChI is InChI=1S/C33H39FN10O/c1-20-15-36-33(39-28-14-21(2)43(3)42-28)40-29(20)26-16-35-30-22(8-7-11-25(26)30)18-44-13-12-24(19-44)45-31-27(34)17-37-32(41-31)38-23-9-5-4-6-10-23/h7-8,11,14-17,23-24,35H,4-6,9-10,12-13,18-19H2,1-3H3,(H,37,38,41)(H,36,39,40,42). The molecule has 1 aromatic carbocycles. The molecule has 3 N–H and O–H groups in total. The molecule has 5 heterocycles. The van der Waals surface area contributed by atoms with Crippen molar-refractivity contribution < 1.29 is 9.13 Å². The maximum atomic E-state index is 14.6. The van der Waals surface area contributed by atoms with Crippen molar-refractivity contribution in [1.29, 1.82) is 0 Å². The van der Waals surface area contributed by atoms with E-state index in [-0.39, 0.29) is 12.0 Å². The number of aromatic amines is 1. The summed E-state index contributed by atoms with van der Waals surface area (Å²) in [5.74, 6) is 1.15. The van der Waals surface area contributed by atoms with Gasteiger partial charge in [-0.2, -0.15) is 14.5 Å². The maximum Gasteiger partial charge on any atom is 0.255 e. The third-order valence-electron chi connectivity index (χ3n) is 8.93. The molecule has 5 aromatic rings. The number of benzene rings is 1. The average Bonchev–Trinajstić information content (AvgIpc) is 3.75. The van der Waals surface area contributed by atoms with Gasteiger partial charge in [0, 0.05) is 67.8 Å². The highest BCUT2D eigenvalue weighted by Gasteiger charge is 2.27. The van der Waals surface area contributed by atoms with Gasteiger partial charge >= 0.3 is 0 Å². The zero-order chi connectivity index (χ0) is 30.9. The highest BCUT2D eigenvalue weighted by atomic mass is 19.1. The number of anilines is 3. The van der Waals surface area contributed by atoms with Gasteiger partial charge in [-0.3, -0.25) is 9.58 Å². The SMILES string of the molecule is Cc1cnc(Nc2cc(C)n(C)n2)nc1-c1c[nH]c2c(CN3CCC(Oc4nc(NC5CCCCC5)ncc4F)C3)cccc12. The molecule has 1 atom stereocenters. The second-order valence-electron chi connectivity index (χ2n) is 12.3. The first-order chi connectivity index (χ1) is 21.9. The summed E-state index contributed by atoms with van der Waals surface area (Å²) >= 11 is 0. The van der Waals surface area contributed by atoms with Crippen molar-refractivity contribution in [2.24, 2.45) is 7.05 Å². The highest BCUT2D eigenvalue weighted by molar-refractivity contribution is 5.97. The number of aryl methyl sites for hydroxylation is 3. The second-order valence-corrected chi connectivity index (χ2v) is 12.3. The lowest BCUT2D eigenvalue weighted by Crippen LogP contribution is -2.26. The van der Waals surface area contributed by atoms with Gasteiger partial charge in [0.2, 0.25) is 17.7 Å². The van der Waals surface area contributed by atoms with E-state index >= 15 is 0 Å². The topological polar surface area (TPSA) is 122 Å². The number of hydrogen-bond acceptors (Lipinski definition) is 9. The number of hydrogen-bond donors (Lipinski definition) is 3. The van der Waals surface area contributed by atoms with E-state index in [9.17, 15) is 4.39 Å². The molecular formula is C33H39FN10O. The van der Waals surface area contributed by atoms with Crippen LogP contribution in [0.15, 0.2) is 42.9 Å². The Morgan fingerprint density at radius 1 is 1.04 bits per heavy atom. The lowest BCUT2D eigenvalue weighted by molar-refractivity contribution is 0.183. The largest absolute Gasteiger partial charge is 0.471 e. The number of aromatic nitrogens is 7. The molecule has 2 fully saturated rings. The summed E-state index contributed by atoms with van der Waals surface area (Å²) in [6.07, 6.45) is 11.6. The summed E-state index contributed by atoms with van der Waals surface area (Å²) in [5.41, 5.74) is 6.17. The third-order valence-corrected chi connectivity index (χ3v) is 8.93. The second kappa shape index (κ2) is 12.4. The summed E-state index contributed by atoms with van der Waals surface area (Å²) in [4.78, 5) is 23.7. The van der Waals surface area contributed by atoms with Crippen LogP contribution < -0.4 is 15.4 Å². The van der Waals surface area contributed by atoms with Crippen LogP contribution in [-0.2, 0) is 13.6 Å². The van der Waals surface area contributed by atoms with Gasteiger partial charge in [0.15, 0.2) is 5.82 Å². The minimum Gasteiger partial charge on any atom is -0.471 e. The summed E-state index contributed by atoms with van der Waals surface area (Å²) in [5, 5.41) is 12.2. The molecule has 11 nitrogen and oxygen atoms in total. The molecule has 1 unspecified atom stereocenters. The molecular weight excluding hydrogens is 571 g/mol. The van der Waals surface area contributed by atoms with E-state index in [0.29, 0.717) is 30.3 Å². The van der Waals surface area contributed by atoms with Crippen molar-refractivity contribution >= 4 is 28.6 Å². The van der Waals surface area contributed by atoms with Crippen LogP contribution in [0.1, 0.15) is 55.3 Å². The Balaban J connectivity index is 1.04. The van der Waals surface area contributed by atoms with E-state index in [1.165, 1.54) is 31.0 Å². The Labute approximate surface area is 261 Å². The number of para-hydroxylation sites is 1. The fraction of sp³-hybridized carbons (Fsp3) is 0.424. The monoisotopic (exact) mass is 610 g/mol. The van der Waals surface area contributed by atoms with Gasteiger partial charge in [-0.05, 0) is 44.2 Å². The first kappa shape index (κ1) is 29.1. The van der Waals surface area contributed by atoms with Crippen LogP contribution in [0.2, 0.25) is 0 Å². The van der Waals surface area contributed by atoms with Crippen LogP contribution in [0.25, 0.3) is 22.2 Å². The Morgan fingerprint density at radius 2 is 1.89 bits per heavy atom. The Kier molecular flexibility index (Phi) is 8.05. The van der Waals surface area contributed by atoms with Crippen molar-refractivity contribution in [2.75, 3.05) is 23.7 Å². The first-order valence-electron chi connectivity index (χ1n) is 15.8. The van der Waals surface area contributed by atoms with Crippen LogP contribution in [0.4, 0.5) is 22.1 Å². The van der Waals surface area contributed by atoms with Crippen LogP contribution in [0.3, 0.4) is 0 Å². The number of H-pyrrole nitrogens is 1. The van der Waals surface area contributed by atoms with E-state index in [1.807, 2.05) is 44.0 Å². The minimum atomic E-state index is -0.528. The fourth-order valence-corrected chi connectivity index (χ4v) is 6.42. The van der Waals surface area contributed by atoms with Crippen molar-refractivity contribution in [3.05, 3.63) is 65.5 Å². The molecule has 1 saturated carbocycles. The lowest BCUT2D eigenvalue weighted by Gasteiger charge is -2.23. The number of nitrogens with zero attached hydrogens (tertiary/aromatic N) is 7. The Morgan fingerprint density at radius 3 is 2.71 bits per heavy atom. The number of likely N-dealkylation sites (tertiary alicyclic amines) is 1. The quantitative estimate of drug-likeness (QED) is 0.183. The number of ether oxygens (including phenoxy) is 1. The lowest BCUT2D eigenvalue weighted by atomic mass is 9.96. The van der Waals surface area contributed by atoms with E-state index in [4.69, 9.17) is 9.72 Å². The minimum absolute atomic E-state index is 0.0264. The van der Waals surface area contributed by atoms with Crippen LogP contribution >= 0.6 is 0 Å². The molecule has 45 heavy (non-hydrogen) atoms. The zero-order valence-electron chi connectivity index (χ0n) is 26.0. The van der Waals surface area contributed by atoms with Crippen LogP contribution in [-0.4, -0.2) is 64.8 Å². The number of halogens is 1. The van der Waals surface area contributed by atoms with Crippen LogP contribution in [0.5, 0.6) is 5.88 Å². The molecule has 1 saturated heterocycles. The molecule has 0 amide bonds. The summed E-state index contributed by atoms with van der Waals surface area (Å²) in [7, 11) is 1.91. The van der Waals surface area contributed by atoms with Crippen molar-refractivity contribution in [2.45, 2.75) is 71.1 Å². The maximum absolute atomic E-state index is 14.6. The summed E-state index contributed by atoms with van der Waals surface area (Å²) in [6, 6.07) is 8.65. The fourth-order valence-electron chi connectivity index (χ4n) is 6.42. The molecule has 7 rings (SSSR count). The van der Waals surface area contributed by atoms with E-state index in [2.05, 4.69) is 58.8 Å². The van der Waals surface area contributed by atoms with Crippen molar-refractivity contribution in [1.82, 2.24) is 39.6 Å². The van der Waals surface area contributed by atoms with Gasteiger partial charge in [0.05, 0.1) is 17.4 Å². The van der Waals surface area contributed by atoms with E-state index in [0.717, 1.165) is 65.8 Å².